The van der Waals surface area contributed by atoms with Gasteiger partial charge in [0.25, 0.3) is 5.56 Å². The van der Waals surface area contributed by atoms with Crippen LogP contribution >= 0.6 is 0 Å². The van der Waals surface area contributed by atoms with Crippen molar-refractivity contribution >= 4 is 17.6 Å². The number of hydrogen-bond donors (Lipinski definition) is 1. The Balaban J connectivity index is 1.86. The van der Waals surface area contributed by atoms with E-state index in [4.69, 9.17) is 19.9 Å². The molecule has 2 aromatic rings. The highest BCUT2D eigenvalue weighted by molar-refractivity contribution is 6.18. The van der Waals surface area contributed by atoms with Gasteiger partial charge in [0.05, 0.1) is 25.3 Å². The highest BCUT2D eigenvalue weighted by Gasteiger charge is 2.62. The number of hydrogen-bond acceptors (Lipinski definition) is 7. The molecule has 5 rings (SSSR count). The second-order valence-electron chi connectivity index (χ2n) is 8.88. The minimum absolute atomic E-state index is 0.0414. The van der Waals surface area contributed by atoms with Crippen LogP contribution in [0.3, 0.4) is 0 Å². The zero-order chi connectivity index (χ0) is 24.9. The molecule has 1 aromatic heterocycles. The lowest BCUT2D eigenvalue weighted by molar-refractivity contribution is -0.138. The van der Waals surface area contributed by atoms with Crippen molar-refractivity contribution < 1.29 is 23.8 Å². The second-order valence-corrected chi connectivity index (χ2v) is 8.88. The third kappa shape index (κ3) is 3.15. The summed E-state index contributed by atoms with van der Waals surface area (Å²) in [7, 11) is 1.20. The maximum atomic E-state index is 14.3. The smallest absolute Gasteiger partial charge is 0.340 e. The summed E-state index contributed by atoms with van der Waals surface area (Å²) < 4.78 is 18.2. The van der Waals surface area contributed by atoms with Crippen molar-refractivity contribution in [2.24, 2.45) is 5.73 Å². The van der Waals surface area contributed by atoms with Gasteiger partial charge in [0.1, 0.15) is 16.7 Å². The molecular weight excluding hydrogens is 450 g/mol. The summed E-state index contributed by atoms with van der Waals surface area (Å²) in [6.07, 6.45) is 3.23. The maximum absolute atomic E-state index is 14.3. The van der Waals surface area contributed by atoms with E-state index < -0.39 is 22.9 Å². The third-order valence-electron chi connectivity index (χ3n) is 6.96. The molecule has 2 atom stereocenters. The number of carbonyl (C=O) groups is 2. The molecule has 0 aliphatic carbocycles. The molecule has 0 saturated carbocycles. The average Bonchev–Trinajstić information content (AvgIpc) is 3.43. The molecule has 9 heteroatoms. The lowest BCUT2D eigenvalue weighted by atomic mass is 9.68. The SMILES string of the molecule is C=CCN1C(=O)[C@]2(C(C(=O)OC)=C(N)Oc3cc(C)n(C[C@H]4CCCO4)c(=O)c32)c2ccccc21. The van der Waals surface area contributed by atoms with Gasteiger partial charge in [-0.3, -0.25) is 9.59 Å². The van der Waals surface area contributed by atoms with E-state index in [0.29, 0.717) is 30.1 Å². The van der Waals surface area contributed by atoms with Gasteiger partial charge >= 0.3 is 5.97 Å². The summed E-state index contributed by atoms with van der Waals surface area (Å²) in [5.74, 6) is -1.47. The minimum atomic E-state index is -1.83. The topological polar surface area (TPSA) is 113 Å². The Morgan fingerprint density at radius 2 is 2.11 bits per heavy atom. The number of nitrogens with two attached hydrogens (primary N) is 1. The summed E-state index contributed by atoms with van der Waals surface area (Å²) in [4.78, 5) is 43.1. The normalized spacial score (nSPS) is 22.7. The number of methoxy groups -OCH3 is 1. The van der Waals surface area contributed by atoms with Gasteiger partial charge in [-0.25, -0.2) is 4.79 Å². The first-order valence-electron chi connectivity index (χ1n) is 11.5. The number of amides is 1. The van der Waals surface area contributed by atoms with E-state index in [2.05, 4.69) is 6.58 Å². The van der Waals surface area contributed by atoms with Crippen LogP contribution in [0.4, 0.5) is 5.69 Å². The molecule has 1 saturated heterocycles. The number of aryl methyl sites for hydroxylation is 1. The zero-order valence-electron chi connectivity index (χ0n) is 19.7. The van der Waals surface area contributed by atoms with Gasteiger partial charge in [0, 0.05) is 36.2 Å². The molecule has 1 spiro atoms. The van der Waals surface area contributed by atoms with Crippen molar-refractivity contribution in [3.63, 3.8) is 0 Å². The number of pyridine rings is 1. The Morgan fingerprint density at radius 1 is 1.34 bits per heavy atom. The number of anilines is 1. The first-order chi connectivity index (χ1) is 16.9. The van der Waals surface area contributed by atoms with E-state index in [-0.39, 0.29) is 35.4 Å². The van der Waals surface area contributed by atoms with Crippen LogP contribution in [-0.2, 0) is 31.0 Å². The van der Waals surface area contributed by atoms with Crippen LogP contribution < -0.4 is 20.9 Å². The van der Waals surface area contributed by atoms with Crippen molar-refractivity contribution in [2.75, 3.05) is 25.2 Å². The molecular formula is C26H27N3O6. The summed E-state index contributed by atoms with van der Waals surface area (Å²) in [5, 5.41) is 0. The Hall–Kier alpha value is -3.85. The van der Waals surface area contributed by atoms with Crippen LogP contribution in [0.25, 0.3) is 0 Å². The van der Waals surface area contributed by atoms with Crippen LogP contribution in [0, 0.1) is 6.92 Å². The van der Waals surface area contributed by atoms with Gasteiger partial charge in [-0.2, -0.15) is 0 Å². The molecule has 1 amide bonds. The Kier molecular flexibility index (Phi) is 5.52. The molecule has 1 fully saturated rings. The largest absolute Gasteiger partial charge is 0.465 e. The summed E-state index contributed by atoms with van der Waals surface area (Å²) in [6.45, 7) is 6.71. The number of para-hydroxylation sites is 1. The number of benzene rings is 1. The predicted octanol–water partition coefficient (Wildman–Crippen LogP) is 1.89. The van der Waals surface area contributed by atoms with Crippen LogP contribution in [0.2, 0.25) is 0 Å². The fraction of sp³-hybridized carbons (Fsp3) is 0.346. The molecule has 0 radical (unpaired) electrons. The van der Waals surface area contributed by atoms with Gasteiger partial charge in [0.15, 0.2) is 0 Å². The molecule has 0 bridgehead atoms. The van der Waals surface area contributed by atoms with Gasteiger partial charge in [0.2, 0.25) is 11.8 Å². The molecule has 9 nitrogen and oxygen atoms in total. The Labute approximate surface area is 202 Å². The van der Waals surface area contributed by atoms with Crippen molar-refractivity contribution in [3.05, 3.63) is 81.6 Å². The number of fused-ring (bicyclic) bond motifs is 4. The minimum Gasteiger partial charge on any atom is -0.465 e. The van der Waals surface area contributed by atoms with E-state index >= 15 is 0 Å². The monoisotopic (exact) mass is 477 g/mol. The summed E-state index contributed by atoms with van der Waals surface area (Å²) >= 11 is 0. The van der Waals surface area contributed by atoms with E-state index in [1.165, 1.54) is 12.0 Å². The van der Waals surface area contributed by atoms with Crippen LogP contribution in [0.5, 0.6) is 5.75 Å². The number of aromatic nitrogens is 1. The van der Waals surface area contributed by atoms with E-state index in [1.807, 2.05) is 0 Å². The highest BCUT2D eigenvalue weighted by Crippen LogP contribution is 2.54. The lowest BCUT2D eigenvalue weighted by Crippen LogP contribution is -2.52. The first kappa shape index (κ1) is 22.9. The molecule has 1 aromatic carbocycles. The van der Waals surface area contributed by atoms with Crippen LogP contribution in [-0.4, -0.2) is 42.8 Å². The zero-order valence-corrected chi connectivity index (χ0v) is 19.7. The number of rotatable bonds is 5. The van der Waals surface area contributed by atoms with E-state index in [1.54, 1.807) is 47.9 Å². The highest BCUT2D eigenvalue weighted by atomic mass is 16.5. The number of ether oxygens (including phenoxy) is 3. The number of esters is 1. The second kappa shape index (κ2) is 8.42. The molecule has 4 heterocycles. The molecule has 182 valence electrons. The first-order valence-corrected chi connectivity index (χ1v) is 11.5. The van der Waals surface area contributed by atoms with Crippen molar-refractivity contribution in [3.8, 4) is 5.75 Å². The van der Waals surface area contributed by atoms with Crippen molar-refractivity contribution in [2.45, 2.75) is 37.8 Å². The van der Waals surface area contributed by atoms with Crippen LogP contribution in [0.1, 0.15) is 29.7 Å². The number of nitrogens with zero attached hydrogens (tertiary/aromatic N) is 2. The van der Waals surface area contributed by atoms with Crippen molar-refractivity contribution in [1.29, 1.82) is 0 Å². The molecule has 3 aliphatic heterocycles. The third-order valence-corrected chi connectivity index (χ3v) is 6.96. The molecule has 3 aliphatic rings. The van der Waals surface area contributed by atoms with Crippen molar-refractivity contribution in [1.82, 2.24) is 4.57 Å². The van der Waals surface area contributed by atoms with Gasteiger partial charge in [-0.1, -0.05) is 24.3 Å². The fourth-order valence-corrected chi connectivity index (χ4v) is 5.47. The average molecular weight is 478 g/mol. The predicted molar refractivity (Wildman–Crippen MR) is 128 cm³/mol. The lowest BCUT2D eigenvalue weighted by Gasteiger charge is -2.36. The van der Waals surface area contributed by atoms with E-state index in [0.717, 1.165) is 12.8 Å². The van der Waals surface area contributed by atoms with Gasteiger partial charge < -0.3 is 29.4 Å². The fourth-order valence-electron chi connectivity index (χ4n) is 5.47. The molecule has 2 N–H and O–H groups in total. The Bertz CT molecular complexity index is 1340. The maximum Gasteiger partial charge on any atom is 0.340 e. The standard InChI is InChI=1S/C26H27N3O6/c1-4-11-28-18-10-6-5-9-17(18)26(25(28)32)20-19(35-22(27)21(26)24(31)33-3)13-15(2)29(23(20)30)14-16-8-7-12-34-16/h4-6,9-10,13,16H,1,7-8,11-12,14,27H2,2-3H3/t16-,26-/m1/s1. The Morgan fingerprint density at radius 3 is 2.80 bits per heavy atom. The summed E-state index contributed by atoms with van der Waals surface area (Å²) in [6, 6.07) is 8.72. The van der Waals surface area contributed by atoms with Gasteiger partial charge in [-0.15, -0.1) is 6.58 Å². The molecule has 35 heavy (non-hydrogen) atoms. The number of carbonyl (C=O) groups excluding carboxylic acids is 2. The molecule has 0 unspecified atom stereocenters. The quantitative estimate of drug-likeness (QED) is 0.517. The van der Waals surface area contributed by atoms with E-state index in [9.17, 15) is 14.4 Å². The van der Waals surface area contributed by atoms with Crippen LogP contribution in [0.15, 0.2) is 59.2 Å². The summed E-state index contributed by atoms with van der Waals surface area (Å²) in [5.41, 5.74) is 5.50. The van der Waals surface area contributed by atoms with Gasteiger partial charge in [-0.05, 0) is 25.8 Å².